The van der Waals surface area contributed by atoms with Gasteiger partial charge in [-0.3, -0.25) is 14.6 Å². The maximum atomic E-state index is 12.3. The lowest BCUT2D eigenvalue weighted by atomic mass is 9.98. The minimum atomic E-state index is -0.189. The summed E-state index contributed by atoms with van der Waals surface area (Å²) in [6.07, 6.45) is 6.41. The van der Waals surface area contributed by atoms with E-state index in [9.17, 15) is 9.59 Å². The molecule has 1 N–H and O–H groups in total. The second kappa shape index (κ2) is 6.78. The SMILES string of the molecule is CSc1ccccc1NC(=O)C1CN(C(=O)c2cnccn2)C1. The highest BCUT2D eigenvalue weighted by molar-refractivity contribution is 7.98. The second-order valence-electron chi connectivity index (χ2n) is 5.19. The lowest BCUT2D eigenvalue weighted by Gasteiger charge is -2.37. The molecule has 0 bridgehead atoms. The number of benzene rings is 1. The highest BCUT2D eigenvalue weighted by Crippen LogP contribution is 2.26. The molecule has 0 radical (unpaired) electrons. The van der Waals surface area contributed by atoms with Gasteiger partial charge in [-0.25, -0.2) is 4.98 Å². The molecule has 0 unspecified atom stereocenters. The van der Waals surface area contributed by atoms with E-state index < -0.39 is 0 Å². The molecule has 1 fully saturated rings. The third-order valence-electron chi connectivity index (χ3n) is 3.69. The van der Waals surface area contributed by atoms with Crippen LogP contribution in [0.5, 0.6) is 0 Å². The molecular weight excluding hydrogens is 312 g/mol. The molecule has 6 nitrogen and oxygen atoms in total. The van der Waals surface area contributed by atoms with Gasteiger partial charge >= 0.3 is 0 Å². The van der Waals surface area contributed by atoms with Crippen molar-refractivity contribution in [1.82, 2.24) is 14.9 Å². The Hall–Kier alpha value is -2.41. The molecule has 3 rings (SSSR count). The number of nitrogens with one attached hydrogen (secondary N) is 1. The average Bonchev–Trinajstić information content (AvgIpc) is 2.54. The molecule has 0 spiro atoms. The molecule has 23 heavy (non-hydrogen) atoms. The van der Waals surface area contributed by atoms with E-state index in [0.29, 0.717) is 18.8 Å². The summed E-state index contributed by atoms with van der Waals surface area (Å²) in [5.74, 6) is -0.438. The van der Waals surface area contributed by atoms with Crippen molar-refractivity contribution >= 4 is 29.3 Å². The van der Waals surface area contributed by atoms with E-state index >= 15 is 0 Å². The number of amides is 2. The first-order valence-corrected chi connectivity index (χ1v) is 8.40. The lowest BCUT2D eigenvalue weighted by molar-refractivity contribution is -0.123. The van der Waals surface area contributed by atoms with Gasteiger partial charge in [0.15, 0.2) is 0 Å². The quantitative estimate of drug-likeness (QED) is 0.868. The van der Waals surface area contributed by atoms with E-state index in [1.165, 1.54) is 18.6 Å². The summed E-state index contributed by atoms with van der Waals surface area (Å²) < 4.78 is 0. The van der Waals surface area contributed by atoms with Crippen molar-refractivity contribution in [3.8, 4) is 0 Å². The standard InChI is InChI=1S/C16H16N4O2S/c1-23-14-5-3-2-4-12(14)19-15(21)11-9-20(10-11)16(22)13-8-17-6-7-18-13/h2-8,11H,9-10H2,1H3,(H,19,21). The van der Waals surface area contributed by atoms with Crippen LogP contribution in [-0.4, -0.2) is 46.0 Å². The minimum absolute atomic E-state index is 0.0605. The number of carbonyl (C=O) groups excluding carboxylic acids is 2. The van der Waals surface area contributed by atoms with Gasteiger partial charge in [-0.15, -0.1) is 11.8 Å². The Morgan fingerprint density at radius 3 is 2.74 bits per heavy atom. The van der Waals surface area contributed by atoms with Crippen LogP contribution in [0.1, 0.15) is 10.5 Å². The number of thioether (sulfide) groups is 1. The Bertz CT molecular complexity index is 717. The van der Waals surface area contributed by atoms with Crippen molar-refractivity contribution in [3.63, 3.8) is 0 Å². The summed E-state index contributed by atoms with van der Waals surface area (Å²) in [7, 11) is 0. The van der Waals surface area contributed by atoms with E-state index in [4.69, 9.17) is 0 Å². The highest BCUT2D eigenvalue weighted by atomic mass is 32.2. The number of anilines is 1. The van der Waals surface area contributed by atoms with E-state index in [1.807, 2.05) is 30.5 Å². The summed E-state index contributed by atoms with van der Waals surface area (Å²) >= 11 is 1.58. The van der Waals surface area contributed by atoms with E-state index in [-0.39, 0.29) is 17.7 Å². The van der Waals surface area contributed by atoms with Gasteiger partial charge in [0, 0.05) is 30.4 Å². The van der Waals surface area contributed by atoms with Crippen LogP contribution in [0, 0.1) is 5.92 Å². The molecule has 0 saturated carbocycles. The molecule has 0 atom stereocenters. The zero-order valence-corrected chi connectivity index (χ0v) is 13.4. The fourth-order valence-corrected chi connectivity index (χ4v) is 2.92. The Balaban J connectivity index is 1.57. The Labute approximate surface area is 138 Å². The van der Waals surface area contributed by atoms with Gasteiger partial charge in [0.25, 0.3) is 5.91 Å². The van der Waals surface area contributed by atoms with Gasteiger partial charge in [0.1, 0.15) is 5.69 Å². The average molecular weight is 328 g/mol. The summed E-state index contributed by atoms with van der Waals surface area (Å²) in [6.45, 7) is 0.811. The van der Waals surface area contributed by atoms with Gasteiger partial charge in [-0.05, 0) is 18.4 Å². The van der Waals surface area contributed by atoms with Gasteiger partial charge in [-0.1, -0.05) is 12.1 Å². The first-order valence-electron chi connectivity index (χ1n) is 7.18. The normalized spacial score (nSPS) is 14.2. The monoisotopic (exact) mass is 328 g/mol. The fraction of sp³-hybridized carbons (Fsp3) is 0.250. The Kier molecular flexibility index (Phi) is 4.57. The number of aromatic nitrogens is 2. The molecule has 0 aliphatic carbocycles. The number of hydrogen-bond acceptors (Lipinski definition) is 5. The maximum Gasteiger partial charge on any atom is 0.274 e. The summed E-state index contributed by atoms with van der Waals surface area (Å²) in [5, 5.41) is 2.94. The molecule has 118 valence electrons. The molecule has 2 amide bonds. The molecule has 1 aliphatic rings. The van der Waals surface area contributed by atoms with Crippen LogP contribution in [-0.2, 0) is 4.79 Å². The number of carbonyl (C=O) groups is 2. The summed E-state index contributed by atoms with van der Waals surface area (Å²) in [4.78, 5) is 34.9. The third-order valence-corrected chi connectivity index (χ3v) is 4.48. The molecule has 2 aromatic rings. The maximum absolute atomic E-state index is 12.3. The van der Waals surface area contributed by atoms with E-state index in [1.54, 1.807) is 16.7 Å². The second-order valence-corrected chi connectivity index (χ2v) is 6.04. The van der Waals surface area contributed by atoms with Crippen molar-refractivity contribution in [2.75, 3.05) is 24.7 Å². The summed E-state index contributed by atoms with van der Waals surface area (Å²) in [5.41, 5.74) is 1.11. The molecular formula is C16H16N4O2S. The van der Waals surface area contributed by atoms with Crippen molar-refractivity contribution < 1.29 is 9.59 Å². The van der Waals surface area contributed by atoms with Crippen LogP contribution in [0.25, 0.3) is 0 Å². The first kappa shape index (κ1) is 15.5. The predicted molar refractivity (Wildman–Crippen MR) is 88.3 cm³/mol. The van der Waals surface area contributed by atoms with E-state index in [2.05, 4.69) is 15.3 Å². The molecule has 1 aromatic carbocycles. The number of rotatable bonds is 4. The van der Waals surface area contributed by atoms with Crippen molar-refractivity contribution in [2.45, 2.75) is 4.90 Å². The molecule has 7 heteroatoms. The lowest BCUT2D eigenvalue weighted by Crippen LogP contribution is -2.54. The Morgan fingerprint density at radius 2 is 2.04 bits per heavy atom. The van der Waals surface area contributed by atoms with Crippen molar-refractivity contribution in [3.05, 3.63) is 48.5 Å². The third kappa shape index (κ3) is 3.34. The topological polar surface area (TPSA) is 75.2 Å². The van der Waals surface area contributed by atoms with Gasteiger partial charge < -0.3 is 10.2 Å². The number of hydrogen-bond donors (Lipinski definition) is 1. The van der Waals surface area contributed by atoms with Crippen LogP contribution in [0.3, 0.4) is 0 Å². The first-order chi connectivity index (χ1) is 11.2. The molecule has 1 aromatic heterocycles. The van der Waals surface area contributed by atoms with Crippen LogP contribution >= 0.6 is 11.8 Å². The van der Waals surface area contributed by atoms with Gasteiger partial charge in [-0.2, -0.15) is 0 Å². The van der Waals surface area contributed by atoms with Crippen molar-refractivity contribution in [2.24, 2.45) is 5.92 Å². The van der Waals surface area contributed by atoms with Gasteiger partial charge in [0.2, 0.25) is 5.91 Å². The van der Waals surface area contributed by atoms with E-state index in [0.717, 1.165) is 10.6 Å². The van der Waals surface area contributed by atoms with Crippen LogP contribution in [0.15, 0.2) is 47.8 Å². The van der Waals surface area contributed by atoms with Crippen molar-refractivity contribution in [1.29, 1.82) is 0 Å². The largest absolute Gasteiger partial charge is 0.336 e. The van der Waals surface area contributed by atoms with Crippen LogP contribution in [0.4, 0.5) is 5.69 Å². The molecule has 1 aliphatic heterocycles. The number of nitrogens with zero attached hydrogens (tertiary/aromatic N) is 3. The highest BCUT2D eigenvalue weighted by Gasteiger charge is 2.36. The predicted octanol–water partition coefficient (Wildman–Crippen LogP) is 1.91. The molecule has 2 heterocycles. The smallest absolute Gasteiger partial charge is 0.274 e. The number of likely N-dealkylation sites (tertiary alicyclic amines) is 1. The zero-order valence-electron chi connectivity index (χ0n) is 12.6. The minimum Gasteiger partial charge on any atom is -0.336 e. The Morgan fingerprint density at radius 1 is 1.26 bits per heavy atom. The number of para-hydroxylation sites is 1. The zero-order chi connectivity index (χ0) is 16.2. The van der Waals surface area contributed by atoms with Crippen LogP contribution < -0.4 is 5.32 Å². The van der Waals surface area contributed by atoms with Gasteiger partial charge in [0.05, 0.1) is 17.8 Å². The fourth-order valence-electron chi connectivity index (χ4n) is 2.36. The molecule has 1 saturated heterocycles. The summed E-state index contributed by atoms with van der Waals surface area (Å²) in [6, 6.07) is 7.67. The van der Waals surface area contributed by atoms with Crippen LogP contribution in [0.2, 0.25) is 0 Å².